The lowest BCUT2D eigenvalue weighted by Crippen LogP contribution is -1.98. The van der Waals surface area contributed by atoms with Crippen LogP contribution < -0.4 is 5.73 Å². The zero-order chi connectivity index (χ0) is 8.97. The van der Waals surface area contributed by atoms with Crippen molar-refractivity contribution in [1.29, 1.82) is 0 Å². The van der Waals surface area contributed by atoms with E-state index in [1.807, 2.05) is 31.2 Å². The second kappa shape index (κ2) is 4.24. The third kappa shape index (κ3) is 2.06. The van der Waals surface area contributed by atoms with E-state index in [-0.39, 0.29) is 0 Å². The summed E-state index contributed by atoms with van der Waals surface area (Å²) in [5, 5.41) is 9.41. The summed E-state index contributed by atoms with van der Waals surface area (Å²) in [4.78, 5) is 0. The predicted octanol–water partition coefficient (Wildman–Crippen LogP) is 1.40. The van der Waals surface area contributed by atoms with Crippen molar-refractivity contribution in [1.82, 2.24) is 0 Å². The van der Waals surface area contributed by atoms with E-state index in [4.69, 9.17) is 5.73 Å². The Balaban J connectivity index is 2.77. The fourth-order valence-corrected chi connectivity index (χ4v) is 1.04. The summed E-state index contributed by atoms with van der Waals surface area (Å²) in [6, 6.07) is 7.66. The van der Waals surface area contributed by atoms with E-state index < -0.39 is 6.10 Å². The van der Waals surface area contributed by atoms with Crippen LogP contribution in [0.2, 0.25) is 0 Å². The Morgan fingerprint density at radius 1 is 1.42 bits per heavy atom. The summed E-state index contributed by atoms with van der Waals surface area (Å²) >= 11 is 0. The molecular weight excluding hydrogens is 150 g/mol. The number of hydrogen-bond donors (Lipinski definition) is 2. The monoisotopic (exact) mass is 164 g/mol. The molecule has 0 aliphatic rings. The van der Waals surface area contributed by atoms with Crippen LogP contribution in [0.1, 0.15) is 24.2 Å². The maximum absolute atomic E-state index is 9.41. The zero-order valence-corrected chi connectivity index (χ0v) is 7.20. The van der Waals surface area contributed by atoms with Crippen molar-refractivity contribution in [3.05, 3.63) is 41.8 Å². The van der Waals surface area contributed by atoms with Crippen molar-refractivity contribution in [3.8, 4) is 0 Å². The van der Waals surface area contributed by atoms with Crippen molar-refractivity contribution in [3.63, 3.8) is 0 Å². The molecular formula is C10H14NO. The van der Waals surface area contributed by atoms with Crippen molar-refractivity contribution >= 4 is 0 Å². The van der Waals surface area contributed by atoms with E-state index in [1.54, 1.807) is 6.42 Å². The summed E-state index contributed by atoms with van der Waals surface area (Å²) in [5.74, 6) is 0. The van der Waals surface area contributed by atoms with Crippen LogP contribution >= 0.6 is 0 Å². The highest BCUT2D eigenvalue weighted by Gasteiger charge is 2.03. The molecule has 0 aromatic heterocycles. The van der Waals surface area contributed by atoms with Crippen molar-refractivity contribution < 1.29 is 5.11 Å². The first-order valence-electron chi connectivity index (χ1n) is 4.04. The predicted molar refractivity (Wildman–Crippen MR) is 49.3 cm³/mol. The van der Waals surface area contributed by atoms with Gasteiger partial charge in [-0.15, -0.1) is 0 Å². The molecule has 2 nitrogen and oxygen atoms in total. The standard InChI is InChI=1S/C10H14NO/c1-2-10(12)9-5-3-8(7-11)4-6-9/h2-6,10,12H,7,11H2,1H3. The molecule has 0 saturated carbocycles. The maximum Gasteiger partial charge on any atom is 0.0819 e. The van der Waals surface area contributed by atoms with E-state index in [0.29, 0.717) is 6.54 Å². The van der Waals surface area contributed by atoms with Crippen LogP contribution in [0.15, 0.2) is 24.3 Å². The number of rotatable bonds is 3. The summed E-state index contributed by atoms with van der Waals surface area (Å²) < 4.78 is 0. The van der Waals surface area contributed by atoms with Gasteiger partial charge in [-0.2, -0.15) is 0 Å². The van der Waals surface area contributed by atoms with Crippen LogP contribution in [0, 0.1) is 6.42 Å². The summed E-state index contributed by atoms with van der Waals surface area (Å²) in [5.41, 5.74) is 7.44. The van der Waals surface area contributed by atoms with Crippen LogP contribution in [0.4, 0.5) is 0 Å². The third-order valence-electron chi connectivity index (χ3n) is 1.87. The lowest BCUT2D eigenvalue weighted by molar-refractivity contribution is 0.212. The highest BCUT2D eigenvalue weighted by atomic mass is 16.3. The van der Waals surface area contributed by atoms with Gasteiger partial charge < -0.3 is 10.8 Å². The van der Waals surface area contributed by atoms with Gasteiger partial charge in [-0.3, -0.25) is 0 Å². The van der Waals surface area contributed by atoms with Crippen molar-refractivity contribution in [2.75, 3.05) is 0 Å². The highest BCUT2D eigenvalue weighted by Crippen LogP contribution is 2.15. The Morgan fingerprint density at radius 2 is 2.00 bits per heavy atom. The molecule has 65 valence electrons. The molecule has 1 rings (SSSR count). The molecule has 3 N–H and O–H groups in total. The van der Waals surface area contributed by atoms with E-state index in [2.05, 4.69) is 0 Å². The van der Waals surface area contributed by atoms with Gasteiger partial charge in [-0.1, -0.05) is 31.2 Å². The quantitative estimate of drug-likeness (QED) is 0.709. The lowest BCUT2D eigenvalue weighted by Gasteiger charge is -2.07. The number of benzene rings is 1. The van der Waals surface area contributed by atoms with Crippen LogP contribution in [-0.2, 0) is 6.54 Å². The second-order valence-corrected chi connectivity index (χ2v) is 2.72. The molecule has 1 atom stereocenters. The molecule has 0 saturated heterocycles. The van der Waals surface area contributed by atoms with Gasteiger partial charge in [0.25, 0.3) is 0 Å². The minimum atomic E-state index is -0.461. The summed E-state index contributed by atoms with van der Waals surface area (Å²) in [6.45, 7) is 2.38. The Morgan fingerprint density at radius 3 is 2.42 bits per heavy atom. The smallest absolute Gasteiger partial charge is 0.0819 e. The molecule has 1 unspecified atom stereocenters. The first-order chi connectivity index (χ1) is 5.77. The van der Waals surface area contributed by atoms with Gasteiger partial charge in [0, 0.05) is 6.54 Å². The lowest BCUT2D eigenvalue weighted by atomic mass is 10.1. The van der Waals surface area contributed by atoms with Gasteiger partial charge in [0.05, 0.1) is 6.10 Å². The van der Waals surface area contributed by atoms with Crippen molar-refractivity contribution in [2.45, 2.75) is 19.6 Å². The minimum absolute atomic E-state index is 0.461. The van der Waals surface area contributed by atoms with Gasteiger partial charge in [0.2, 0.25) is 0 Å². The van der Waals surface area contributed by atoms with Gasteiger partial charge in [0.15, 0.2) is 0 Å². The maximum atomic E-state index is 9.41. The Hall–Kier alpha value is -0.860. The molecule has 12 heavy (non-hydrogen) atoms. The Bertz CT molecular complexity index is 230. The first kappa shape index (κ1) is 9.23. The van der Waals surface area contributed by atoms with Gasteiger partial charge in [-0.05, 0) is 17.5 Å². The Labute approximate surface area is 73.0 Å². The first-order valence-corrected chi connectivity index (χ1v) is 4.04. The largest absolute Gasteiger partial charge is 0.388 e. The number of nitrogens with two attached hydrogens (primary N) is 1. The molecule has 0 fully saturated rings. The number of aliphatic hydroxyl groups is 1. The van der Waals surface area contributed by atoms with E-state index in [1.165, 1.54) is 0 Å². The SMILES string of the molecule is C[CH]C(O)c1ccc(CN)cc1. The topological polar surface area (TPSA) is 46.2 Å². The number of hydrogen-bond acceptors (Lipinski definition) is 2. The van der Waals surface area contributed by atoms with E-state index >= 15 is 0 Å². The van der Waals surface area contributed by atoms with E-state index in [9.17, 15) is 5.11 Å². The Kier molecular flexibility index (Phi) is 3.26. The zero-order valence-electron chi connectivity index (χ0n) is 7.20. The minimum Gasteiger partial charge on any atom is -0.388 e. The molecule has 0 spiro atoms. The van der Waals surface area contributed by atoms with E-state index in [0.717, 1.165) is 11.1 Å². The molecule has 0 amide bonds. The normalized spacial score (nSPS) is 12.9. The van der Waals surface area contributed by atoms with Crippen LogP contribution in [0.3, 0.4) is 0 Å². The number of aliphatic hydroxyl groups excluding tert-OH is 1. The third-order valence-corrected chi connectivity index (χ3v) is 1.87. The highest BCUT2D eigenvalue weighted by molar-refractivity contribution is 5.25. The van der Waals surface area contributed by atoms with Gasteiger partial charge in [-0.25, -0.2) is 0 Å². The van der Waals surface area contributed by atoms with Gasteiger partial charge in [0.1, 0.15) is 0 Å². The molecule has 0 bridgehead atoms. The molecule has 1 radical (unpaired) electrons. The summed E-state index contributed by atoms with van der Waals surface area (Å²) in [7, 11) is 0. The molecule has 0 heterocycles. The average molecular weight is 164 g/mol. The van der Waals surface area contributed by atoms with Crippen LogP contribution in [0.25, 0.3) is 0 Å². The van der Waals surface area contributed by atoms with Crippen LogP contribution in [0.5, 0.6) is 0 Å². The molecule has 1 aromatic carbocycles. The fourth-order valence-electron chi connectivity index (χ4n) is 1.04. The van der Waals surface area contributed by atoms with Crippen molar-refractivity contribution in [2.24, 2.45) is 5.73 Å². The molecule has 0 aliphatic heterocycles. The average Bonchev–Trinajstić information content (AvgIpc) is 2.17. The van der Waals surface area contributed by atoms with Gasteiger partial charge >= 0.3 is 0 Å². The molecule has 0 aliphatic carbocycles. The molecule has 1 aromatic rings. The van der Waals surface area contributed by atoms with Crippen LogP contribution in [-0.4, -0.2) is 5.11 Å². The molecule has 2 heteroatoms. The fraction of sp³-hybridized carbons (Fsp3) is 0.300. The second-order valence-electron chi connectivity index (χ2n) is 2.72. The summed E-state index contributed by atoms with van der Waals surface area (Å²) in [6.07, 6.45) is 1.29.